The number of carbonyl (C=O) groups excluding carboxylic acids is 1. The Labute approximate surface area is 114 Å². The molecular formula is C12H25N3O4. The van der Waals surface area contributed by atoms with Crippen LogP contribution in [0, 0.1) is 0 Å². The van der Waals surface area contributed by atoms with Crippen LogP contribution in [0.3, 0.4) is 0 Å². The lowest BCUT2D eigenvalue weighted by Crippen LogP contribution is -2.48. The van der Waals surface area contributed by atoms with Gasteiger partial charge in [0.1, 0.15) is 6.04 Å². The predicted molar refractivity (Wildman–Crippen MR) is 72.0 cm³/mol. The van der Waals surface area contributed by atoms with Crippen molar-refractivity contribution in [3.05, 3.63) is 0 Å². The SMILES string of the molecule is CCC(C)N(C)CCNC(=O)N[C@@H](CCO)C(=O)O. The van der Waals surface area contributed by atoms with E-state index >= 15 is 0 Å². The molecule has 2 amide bonds. The van der Waals surface area contributed by atoms with Gasteiger partial charge in [0.05, 0.1) is 0 Å². The summed E-state index contributed by atoms with van der Waals surface area (Å²) < 4.78 is 0. The van der Waals surface area contributed by atoms with Gasteiger partial charge in [-0.3, -0.25) is 0 Å². The summed E-state index contributed by atoms with van der Waals surface area (Å²) >= 11 is 0. The van der Waals surface area contributed by atoms with Gasteiger partial charge in [0.15, 0.2) is 0 Å². The zero-order valence-electron chi connectivity index (χ0n) is 11.8. The van der Waals surface area contributed by atoms with Crippen LogP contribution in [0.25, 0.3) is 0 Å². The Kier molecular flexibility index (Phi) is 8.90. The van der Waals surface area contributed by atoms with Crippen molar-refractivity contribution in [3.8, 4) is 0 Å². The molecule has 0 aromatic carbocycles. The summed E-state index contributed by atoms with van der Waals surface area (Å²) in [5.41, 5.74) is 0. The van der Waals surface area contributed by atoms with Gasteiger partial charge >= 0.3 is 12.0 Å². The number of nitrogens with one attached hydrogen (secondary N) is 2. The van der Waals surface area contributed by atoms with Crippen molar-refractivity contribution in [1.29, 1.82) is 0 Å². The maximum atomic E-state index is 11.5. The summed E-state index contributed by atoms with van der Waals surface area (Å²) in [4.78, 5) is 24.4. The summed E-state index contributed by atoms with van der Waals surface area (Å²) in [5, 5.41) is 22.4. The highest BCUT2D eigenvalue weighted by Gasteiger charge is 2.18. The Morgan fingerprint density at radius 3 is 2.47 bits per heavy atom. The monoisotopic (exact) mass is 275 g/mol. The van der Waals surface area contributed by atoms with Crippen LogP contribution in [0.4, 0.5) is 4.79 Å². The number of hydrogen-bond donors (Lipinski definition) is 4. The molecule has 0 saturated heterocycles. The predicted octanol–water partition coefficient (Wildman–Crippen LogP) is -0.148. The largest absolute Gasteiger partial charge is 0.480 e. The quantitative estimate of drug-likeness (QED) is 0.469. The van der Waals surface area contributed by atoms with Crippen LogP contribution in [-0.2, 0) is 4.79 Å². The van der Waals surface area contributed by atoms with E-state index in [0.717, 1.165) is 6.42 Å². The molecular weight excluding hydrogens is 250 g/mol. The van der Waals surface area contributed by atoms with Gasteiger partial charge in [0.25, 0.3) is 0 Å². The topological polar surface area (TPSA) is 102 Å². The van der Waals surface area contributed by atoms with Gasteiger partial charge in [0.2, 0.25) is 0 Å². The average Bonchev–Trinajstić information content (AvgIpc) is 2.36. The second-order valence-corrected chi connectivity index (χ2v) is 4.54. The van der Waals surface area contributed by atoms with Crippen molar-refractivity contribution in [2.24, 2.45) is 0 Å². The molecule has 0 heterocycles. The van der Waals surface area contributed by atoms with E-state index in [-0.39, 0.29) is 13.0 Å². The van der Waals surface area contributed by atoms with Crippen molar-refractivity contribution >= 4 is 12.0 Å². The molecule has 0 aromatic heterocycles. The molecule has 0 rings (SSSR count). The van der Waals surface area contributed by atoms with Crippen molar-refractivity contribution in [3.63, 3.8) is 0 Å². The Morgan fingerprint density at radius 2 is 2.00 bits per heavy atom. The van der Waals surface area contributed by atoms with Crippen LogP contribution in [-0.4, -0.2) is 65.9 Å². The lowest BCUT2D eigenvalue weighted by molar-refractivity contribution is -0.139. The Hall–Kier alpha value is -1.34. The van der Waals surface area contributed by atoms with Crippen molar-refractivity contribution in [1.82, 2.24) is 15.5 Å². The molecule has 1 unspecified atom stereocenters. The van der Waals surface area contributed by atoms with Gasteiger partial charge < -0.3 is 25.7 Å². The van der Waals surface area contributed by atoms with Crippen LogP contribution in [0.1, 0.15) is 26.7 Å². The number of amides is 2. The molecule has 0 aliphatic heterocycles. The number of carbonyl (C=O) groups is 2. The van der Waals surface area contributed by atoms with E-state index in [1.54, 1.807) is 0 Å². The third kappa shape index (κ3) is 7.63. The number of carboxylic acid groups (broad SMARTS) is 1. The lowest BCUT2D eigenvalue weighted by Gasteiger charge is -2.23. The fourth-order valence-electron chi connectivity index (χ4n) is 1.47. The molecule has 0 aliphatic rings. The maximum Gasteiger partial charge on any atom is 0.326 e. The molecule has 19 heavy (non-hydrogen) atoms. The molecule has 0 radical (unpaired) electrons. The highest BCUT2D eigenvalue weighted by Crippen LogP contribution is 1.98. The number of urea groups is 1. The average molecular weight is 275 g/mol. The van der Waals surface area contributed by atoms with Gasteiger partial charge in [-0.1, -0.05) is 6.92 Å². The van der Waals surface area contributed by atoms with Crippen LogP contribution < -0.4 is 10.6 Å². The second-order valence-electron chi connectivity index (χ2n) is 4.54. The number of aliphatic hydroxyl groups excluding tert-OH is 1. The Balaban J connectivity index is 3.94. The zero-order valence-corrected chi connectivity index (χ0v) is 11.8. The first kappa shape index (κ1) is 17.7. The molecule has 0 fully saturated rings. The minimum absolute atomic E-state index is 0.00444. The summed E-state index contributed by atoms with van der Waals surface area (Å²) in [6.45, 7) is 5.04. The van der Waals surface area contributed by atoms with Crippen molar-refractivity contribution in [2.45, 2.75) is 38.8 Å². The lowest BCUT2D eigenvalue weighted by atomic mass is 10.2. The standard InChI is InChI=1S/C12H25N3O4/c1-4-9(2)15(3)7-6-13-12(19)14-10(5-8-16)11(17)18/h9-10,16H,4-8H2,1-3H3,(H,17,18)(H2,13,14,19)/t9?,10-/m0/s1. The van der Waals surface area contributed by atoms with Crippen LogP contribution in [0.15, 0.2) is 0 Å². The molecule has 7 nitrogen and oxygen atoms in total. The van der Waals surface area contributed by atoms with Crippen LogP contribution in [0.2, 0.25) is 0 Å². The first-order chi connectivity index (χ1) is 8.92. The highest BCUT2D eigenvalue weighted by molar-refractivity contribution is 5.82. The van der Waals surface area contributed by atoms with Gasteiger partial charge in [-0.2, -0.15) is 0 Å². The summed E-state index contributed by atoms with van der Waals surface area (Å²) in [7, 11) is 1.97. The van der Waals surface area contributed by atoms with Gasteiger partial charge in [-0.05, 0) is 20.4 Å². The number of carboxylic acids is 1. The minimum atomic E-state index is -1.15. The number of aliphatic hydroxyl groups is 1. The van der Waals surface area contributed by atoms with Gasteiger partial charge in [-0.25, -0.2) is 9.59 Å². The number of aliphatic carboxylic acids is 1. The fraction of sp³-hybridized carbons (Fsp3) is 0.833. The normalized spacial score (nSPS) is 13.9. The fourth-order valence-corrected chi connectivity index (χ4v) is 1.47. The van der Waals surface area contributed by atoms with Gasteiger partial charge in [-0.15, -0.1) is 0 Å². The molecule has 0 saturated carbocycles. The third-order valence-corrected chi connectivity index (χ3v) is 3.11. The van der Waals surface area contributed by atoms with E-state index in [2.05, 4.69) is 29.4 Å². The van der Waals surface area contributed by atoms with Crippen LogP contribution >= 0.6 is 0 Å². The van der Waals surface area contributed by atoms with E-state index in [4.69, 9.17) is 10.2 Å². The summed E-state index contributed by atoms with van der Waals surface area (Å²) in [6.07, 6.45) is 1.02. The maximum absolute atomic E-state index is 11.5. The van der Waals surface area contributed by atoms with E-state index in [1.165, 1.54) is 0 Å². The Bertz CT molecular complexity index is 286. The molecule has 0 aromatic rings. The number of rotatable bonds is 9. The van der Waals surface area contributed by atoms with Crippen molar-refractivity contribution in [2.75, 3.05) is 26.7 Å². The second kappa shape index (κ2) is 9.57. The Morgan fingerprint density at radius 1 is 1.37 bits per heavy atom. The van der Waals surface area contributed by atoms with E-state index in [1.807, 2.05) is 7.05 Å². The van der Waals surface area contributed by atoms with Gasteiger partial charge in [0, 0.05) is 32.2 Å². The molecule has 0 spiro atoms. The van der Waals surface area contributed by atoms with Crippen LogP contribution in [0.5, 0.6) is 0 Å². The van der Waals surface area contributed by atoms with Crippen molar-refractivity contribution < 1.29 is 19.8 Å². The number of nitrogens with zero attached hydrogens (tertiary/aromatic N) is 1. The molecule has 2 atom stereocenters. The van der Waals surface area contributed by atoms with E-state index < -0.39 is 18.0 Å². The van der Waals surface area contributed by atoms with E-state index in [9.17, 15) is 9.59 Å². The summed E-state index contributed by atoms with van der Waals surface area (Å²) in [6, 6.07) is -1.15. The first-order valence-corrected chi connectivity index (χ1v) is 6.50. The summed E-state index contributed by atoms with van der Waals surface area (Å²) in [5.74, 6) is -1.15. The zero-order chi connectivity index (χ0) is 14.8. The molecule has 112 valence electrons. The first-order valence-electron chi connectivity index (χ1n) is 6.50. The molecule has 0 bridgehead atoms. The minimum Gasteiger partial charge on any atom is -0.480 e. The number of likely N-dealkylation sites (N-methyl/N-ethyl adjacent to an activating group) is 1. The molecule has 7 heteroatoms. The molecule has 4 N–H and O–H groups in total. The molecule has 0 aliphatic carbocycles. The highest BCUT2D eigenvalue weighted by atomic mass is 16.4. The smallest absolute Gasteiger partial charge is 0.326 e. The van der Waals surface area contributed by atoms with E-state index in [0.29, 0.717) is 19.1 Å². The third-order valence-electron chi connectivity index (χ3n) is 3.11. The number of hydrogen-bond acceptors (Lipinski definition) is 4.